The number of carbonyl (C=O) groups excluding carboxylic acids is 3. The Morgan fingerprint density at radius 1 is 0.961 bits per heavy atom. The van der Waals surface area contributed by atoms with Crippen LogP contribution in [0.4, 0.5) is 26.5 Å². The Labute approximate surface area is 292 Å². The fraction of sp³-hybridized carbons (Fsp3) is 0.229. The fourth-order valence-electron chi connectivity index (χ4n) is 4.81. The van der Waals surface area contributed by atoms with Crippen molar-refractivity contribution in [1.82, 2.24) is 14.6 Å². The number of halogens is 1. The van der Waals surface area contributed by atoms with Gasteiger partial charge in [0.05, 0.1) is 24.1 Å². The van der Waals surface area contributed by atoms with E-state index in [1.165, 1.54) is 42.0 Å². The monoisotopic (exact) mass is 718 g/mol. The Kier molecular flexibility index (Phi) is 11.0. The number of amides is 2. The van der Waals surface area contributed by atoms with Crippen molar-refractivity contribution < 1.29 is 41.4 Å². The molecule has 0 saturated heterocycles. The van der Waals surface area contributed by atoms with E-state index < -0.39 is 34.7 Å². The van der Waals surface area contributed by atoms with Gasteiger partial charge in [0, 0.05) is 29.8 Å². The molecular weight excluding hydrogens is 683 g/mol. The summed E-state index contributed by atoms with van der Waals surface area (Å²) in [6.07, 6.45) is 1.74. The van der Waals surface area contributed by atoms with Crippen LogP contribution in [0.2, 0.25) is 0 Å². The van der Waals surface area contributed by atoms with E-state index in [4.69, 9.17) is 19.9 Å². The van der Waals surface area contributed by atoms with Crippen molar-refractivity contribution in [3.63, 3.8) is 0 Å². The van der Waals surface area contributed by atoms with Crippen molar-refractivity contribution >= 4 is 50.8 Å². The van der Waals surface area contributed by atoms with Crippen LogP contribution in [0, 0.1) is 11.7 Å². The van der Waals surface area contributed by atoms with E-state index in [-0.39, 0.29) is 46.3 Å². The highest BCUT2D eigenvalue weighted by Crippen LogP contribution is 2.35. The number of sulfone groups is 1. The van der Waals surface area contributed by atoms with Crippen LogP contribution in [-0.2, 0) is 35.3 Å². The molecule has 16 heteroatoms. The van der Waals surface area contributed by atoms with Crippen molar-refractivity contribution in [2.45, 2.75) is 31.2 Å². The Bertz CT molecular complexity index is 2170. The number of hydrogen-bond acceptors (Lipinski definition) is 11. The molecule has 0 fully saturated rings. The molecule has 1 unspecified atom stereocenters. The summed E-state index contributed by atoms with van der Waals surface area (Å²) in [7, 11) is -2.33. The third kappa shape index (κ3) is 8.84. The highest BCUT2D eigenvalue weighted by Gasteiger charge is 2.29. The van der Waals surface area contributed by atoms with Gasteiger partial charge < -0.3 is 25.3 Å². The second-order valence-corrected chi connectivity index (χ2v) is 13.8. The first-order valence-electron chi connectivity index (χ1n) is 15.5. The van der Waals surface area contributed by atoms with Gasteiger partial charge in [-0.05, 0) is 65.6 Å². The minimum Gasteiger partial charge on any atom is -0.495 e. The quantitative estimate of drug-likeness (QED) is 0.132. The summed E-state index contributed by atoms with van der Waals surface area (Å²) in [6.45, 7) is 2.71. The topological polar surface area (TPSA) is 185 Å². The Morgan fingerprint density at radius 2 is 1.65 bits per heavy atom. The zero-order valence-electron chi connectivity index (χ0n) is 28.1. The maximum Gasteiger partial charge on any atom is 0.424 e. The predicted octanol–water partition coefficient (Wildman–Crippen LogP) is 4.89. The van der Waals surface area contributed by atoms with Gasteiger partial charge in [-0.3, -0.25) is 9.59 Å². The van der Waals surface area contributed by atoms with E-state index >= 15 is 0 Å². The van der Waals surface area contributed by atoms with E-state index in [9.17, 15) is 27.2 Å². The summed E-state index contributed by atoms with van der Waals surface area (Å²) < 4.78 is 54.8. The summed E-state index contributed by atoms with van der Waals surface area (Å²) in [5, 5.41) is 7.31. The highest BCUT2D eigenvalue weighted by molar-refractivity contribution is 7.90. The van der Waals surface area contributed by atoms with Crippen molar-refractivity contribution in [1.29, 1.82) is 0 Å². The molecule has 0 spiro atoms. The molecule has 14 nitrogen and oxygen atoms in total. The number of nitrogens with two attached hydrogens (primary N) is 1. The van der Waals surface area contributed by atoms with Gasteiger partial charge in [0.2, 0.25) is 12.7 Å². The van der Waals surface area contributed by atoms with Crippen LogP contribution < -0.4 is 20.7 Å². The number of ether oxygens (including phenoxy) is 3. The molecule has 0 aliphatic carbocycles. The molecule has 0 radical (unpaired) electrons. The van der Waals surface area contributed by atoms with Gasteiger partial charge >= 0.3 is 12.1 Å². The summed E-state index contributed by atoms with van der Waals surface area (Å²) in [5.41, 5.74) is 8.96. The molecule has 5 aromatic rings. The standard InChI is InChI=1S/C35H35FN6O8S/c1-21(2)32(37)33(44)49-20-50-35(45)42(28-15-14-27(51(4,46)47)18-29(28)48-3)34-39-30-16-9-24(19-41(30)40-34)23-7-12-26(13-8-23)38-31(43)17-22-5-10-25(36)11-6-22/h5-16,18-19,21,32H,17,20,37H2,1-4H3,(H,38,43). The minimum atomic E-state index is -3.63. The average molecular weight is 719 g/mol. The number of hydrogen-bond donors (Lipinski definition) is 2. The van der Waals surface area contributed by atoms with Gasteiger partial charge in [-0.2, -0.15) is 4.98 Å². The van der Waals surface area contributed by atoms with Gasteiger partial charge in [0.1, 0.15) is 17.6 Å². The van der Waals surface area contributed by atoms with Crippen molar-refractivity contribution in [3.8, 4) is 16.9 Å². The normalized spacial score (nSPS) is 12.0. The van der Waals surface area contributed by atoms with Crippen molar-refractivity contribution in [2.75, 3.05) is 30.4 Å². The molecule has 1 atom stereocenters. The van der Waals surface area contributed by atoms with E-state index in [1.54, 1.807) is 68.6 Å². The molecule has 2 amide bonds. The number of aromatic nitrogens is 3. The van der Waals surface area contributed by atoms with Gasteiger partial charge in [0.15, 0.2) is 15.5 Å². The maximum atomic E-state index is 13.5. The van der Waals surface area contributed by atoms with Gasteiger partial charge in [-0.1, -0.05) is 38.1 Å². The van der Waals surface area contributed by atoms with E-state index in [2.05, 4.69) is 15.4 Å². The molecule has 5 rings (SSSR count). The lowest BCUT2D eigenvalue weighted by Crippen LogP contribution is -2.38. The summed E-state index contributed by atoms with van der Waals surface area (Å²) in [6, 6.07) is 19.2. The lowest BCUT2D eigenvalue weighted by Gasteiger charge is -2.21. The van der Waals surface area contributed by atoms with Gasteiger partial charge in [-0.15, -0.1) is 5.10 Å². The molecule has 0 aliphatic heterocycles. The molecule has 51 heavy (non-hydrogen) atoms. The molecule has 3 aromatic carbocycles. The Morgan fingerprint density at radius 3 is 2.29 bits per heavy atom. The number of rotatable bonds is 12. The SMILES string of the molecule is COc1cc(S(C)(=O)=O)ccc1N(C(=O)OCOC(=O)C(N)C(C)C)c1nc2ccc(-c3ccc(NC(=O)Cc4ccc(F)cc4)cc3)cn2n1. The number of fused-ring (bicyclic) bond motifs is 1. The number of benzene rings is 3. The van der Waals surface area contributed by atoms with Crippen LogP contribution in [0.3, 0.4) is 0 Å². The second kappa shape index (κ2) is 15.3. The molecule has 0 aliphatic rings. The van der Waals surface area contributed by atoms with Crippen molar-refractivity contribution in [3.05, 3.63) is 96.4 Å². The number of nitrogens with one attached hydrogen (secondary N) is 1. The zero-order valence-corrected chi connectivity index (χ0v) is 28.9. The van der Waals surface area contributed by atoms with Crippen molar-refractivity contribution in [2.24, 2.45) is 11.7 Å². The van der Waals surface area contributed by atoms with Crippen LogP contribution in [0.5, 0.6) is 5.75 Å². The summed E-state index contributed by atoms with van der Waals surface area (Å²) >= 11 is 0. The number of anilines is 3. The number of esters is 1. The second-order valence-electron chi connectivity index (χ2n) is 11.8. The lowest BCUT2D eigenvalue weighted by molar-refractivity contribution is -0.154. The van der Waals surface area contributed by atoms with E-state index in [0.29, 0.717) is 16.9 Å². The smallest absolute Gasteiger partial charge is 0.424 e. The van der Waals surface area contributed by atoms with Crippen LogP contribution >= 0.6 is 0 Å². The molecule has 266 valence electrons. The molecule has 2 aromatic heterocycles. The Hall–Kier alpha value is -5.87. The third-order valence-corrected chi connectivity index (χ3v) is 8.79. The predicted molar refractivity (Wildman–Crippen MR) is 186 cm³/mol. The minimum absolute atomic E-state index is 0.00177. The van der Waals surface area contributed by atoms with E-state index in [1.807, 2.05) is 0 Å². The lowest BCUT2D eigenvalue weighted by atomic mass is 10.1. The van der Waals surface area contributed by atoms with Crippen LogP contribution in [0.1, 0.15) is 19.4 Å². The molecule has 0 saturated carbocycles. The molecule has 2 heterocycles. The third-order valence-electron chi connectivity index (χ3n) is 7.68. The maximum absolute atomic E-state index is 13.5. The molecule has 3 N–H and O–H groups in total. The number of carbonyl (C=O) groups is 3. The Balaban J connectivity index is 1.40. The molecule has 0 bridgehead atoms. The largest absolute Gasteiger partial charge is 0.495 e. The summed E-state index contributed by atoms with van der Waals surface area (Å²) in [4.78, 5) is 43.6. The summed E-state index contributed by atoms with van der Waals surface area (Å²) in [5.74, 6) is -1.77. The number of nitrogens with zero attached hydrogens (tertiary/aromatic N) is 4. The highest BCUT2D eigenvalue weighted by atomic mass is 32.2. The first-order chi connectivity index (χ1) is 24.2. The van der Waals surface area contributed by atoms with Crippen LogP contribution in [0.15, 0.2) is 90.0 Å². The number of pyridine rings is 1. The van der Waals surface area contributed by atoms with Gasteiger partial charge in [0.25, 0.3) is 5.95 Å². The van der Waals surface area contributed by atoms with Gasteiger partial charge in [-0.25, -0.2) is 27.0 Å². The average Bonchev–Trinajstić information content (AvgIpc) is 3.51. The first-order valence-corrected chi connectivity index (χ1v) is 17.4. The fourth-order valence-corrected chi connectivity index (χ4v) is 5.44. The van der Waals surface area contributed by atoms with Crippen LogP contribution in [-0.4, -0.2) is 67.2 Å². The van der Waals surface area contributed by atoms with E-state index in [0.717, 1.165) is 22.3 Å². The number of methoxy groups -OCH3 is 1. The van der Waals surface area contributed by atoms with Crippen LogP contribution in [0.25, 0.3) is 16.8 Å². The molecular formula is C35H35FN6O8S. The first kappa shape index (κ1) is 36.4. The zero-order chi connectivity index (χ0) is 36.9.